The topological polar surface area (TPSA) is 60.5 Å². The molecule has 2 aromatic rings. The van der Waals surface area contributed by atoms with E-state index >= 15 is 0 Å². The van der Waals surface area contributed by atoms with Gasteiger partial charge < -0.3 is 14.8 Å². The second kappa shape index (κ2) is 9.46. The van der Waals surface area contributed by atoms with Crippen molar-refractivity contribution >= 4 is 5.91 Å². The summed E-state index contributed by atoms with van der Waals surface area (Å²) in [4.78, 5) is 15.7. The highest BCUT2D eigenvalue weighted by Gasteiger charge is 2.03. The van der Waals surface area contributed by atoms with Gasteiger partial charge in [-0.25, -0.2) is 0 Å². The highest BCUT2D eigenvalue weighted by atomic mass is 16.5. The van der Waals surface area contributed by atoms with Crippen molar-refractivity contribution in [1.82, 2.24) is 10.3 Å². The van der Waals surface area contributed by atoms with E-state index in [-0.39, 0.29) is 12.5 Å². The number of carbonyl (C=O) groups excluding carboxylic acids is 1. The van der Waals surface area contributed by atoms with E-state index in [9.17, 15) is 4.79 Å². The molecule has 23 heavy (non-hydrogen) atoms. The van der Waals surface area contributed by atoms with Crippen LogP contribution in [0.25, 0.3) is 0 Å². The van der Waals surface area contributed by atoms with E-state index in [4.69, 9.17) is 9.47 Å². The first-order chi connectivity index (χ1) is 11.3. The Labute approximate surface area is 136 Å². The molecule has 0 saturated heterocycles. The fourth-order valence-corrected chi connectivity index (χ4v) is 1.87. The van der Waals surface area contributed by atoms with Gasteiger partial charge in [0.05, 0.1) is 6.61 Å². The molecule has 0 radical (unpaired) electrons. The third kappa shape index (κ3) is 6.38. The van der Waals surface area contributed by atoms with Crippen LogP contribution in [0.15, 0.2) is 48.8 Å². The summed E-state index contributed by atoms with van der Waals surface area (Å²) in [6, 6.07) is 11.0. The summed E-state index contributed by atoms with van der Waals surface area (Å²) in [6.07, 6.45) is 5.54. The minimum Gasteiger partial charge on any atom is -0.494 e. The van der Waals surface area contributed by atoms with Crippen molar-refractivity contribution in [1.29, 1.82) is 0 Å². The molecule has 1 aromatic heterocycles. The molecule has 0 aliphatic heterocycles. The van der Waals surface area contributed by atoms with Crippen molar-refractivity contribution in [2.45, 2.75) is 26.3 Å². The molecule has 1 aromatic carbocycles. The summed E-state index contributed by atoms with van der Waals surface area (Å²) in [5, 5.41) is 2.80. The van der Waals surface area contributed by atoms with Crippen LogP contribution in [0.1, 0.15) is 25.3 Å². The number of carbonyl (C=O) groups is 1. The maximum absolute atomic E-state index is 11.8. The average Bonchev–Trinajstić information content (AvgIpc) is 2.60. The zero-order chi connectivity index (χ0) is 16.3. The SMILES string of the molecule is CCCCOc1ccc(OCC(=O)NCc2ccncc2)cc1. The van der Waals surface area contributed by atoms with Gasteiger partial charge in [0, 0.05) is 18.9 Å². The van der Waals surface area contributed by atoms with Crippen LogP contribution in [0.4, 0.5) is 0 Å². The lowest BCUT2D eigenvalue weighted by molar-refractivity contribution is -0.123. The van der Waals surface area contributed by atoms with Crippen molar-refractivity contribution in [3.8, 4) is 11.5 Å². The Morgan fingerprint density at radius 3 is 2.35 bits per heavy atom. The zero-order valence-electron chi connectivity index (χ0n) is 13.3. The number of nitrogens with one attached hydrogen (secondary N) is 1. The first-order valence-electron chi connectivity index (χ1n) is 7.79. The van der Waals surface area contributed by atoms with E-state index in [1.165, 1.54) is 0 Å². The first-order valence-corrected chi connectivity index (χ1v) is 7.79. The summed E-state index contributed by atoms with van der Waals surface area (Å²) in [5.74, 6) is 1.30. The highest BCUT2D eigenvalue weighted by molar-refractivity contribution is 5.77. The van der Waals surface area contributed by atoms with Crippen LogP contribution in [0, 0.1) is 0 Å². The molecular weight excluding hydrogens is 292 g/mol. The Balaban J connectivity index is 1.69. The summed E-state index contributed by atoms with van der Waals surface area (Å²) >= 11 is 0. The second-order valence-corrected chi connectivity index (χ2v) is 5.09. The molecule has 0 saturated carbocycles. The largest absolute Gasteiger partial charge is 0.494 e. The van der Waals surface area contributed by atoms with Crippen LogP contribution < -0.4 is 14.8 Å². The smallest absolute Gasteiger partial charge is 0.258 e. The number of nitrogens with zero attached hydrogens (tertiary/aromatic N) is 1. The number of amides is 1. The molecule has 0 spiro atoms. The maximum atomic E-state index is 11.8. The van der Waals surface area contributed by atoms with Crippen LogP contribution >= 0.6 is 0 Å². The maximum Gasteiger partial charge on any atom is 0.258 e. The molecule has 0 fully saturated rings. The van der Waals surface area contributed by atoms with Gasteiger partial charge in [-0.2, -0.15) is 0 Å². The fourth-order valence-electron chi connectivity index (χ4n) is 1.87. The molecule has 1 N–H and O–H groups in total. The fraction of sp³-hybridized carbons (Fsp3) is 0.333. The van der Waals surface area contributed by atoms with Gasteiger partial charge in [-0.1, -0.05) is 13.3 Å². The molecule has 0 bridgehead atoms. The van der Waals surface area contributed by atoms with Crippen LogP contribution in [0.3, 0.4) is 0 Å². The zero-order valence-corrected chi connectivity index (χ0v) is 13.3. The standard InChI is InChI=1S/C18H22N2O3/c1-2-3-12-22-16-4-6-17(7-5-16)23-14-18(21)20-13-15-8-10-19-11-9-15/h4-11H,2-3,12-14H2,1H3,(H,20,21). The van der Waals surface area contributed by atoms with E-state index in [2.05, 4.69) is 17.2 Å². The van der Waals surface area contributed by atoms with Gasteiger partial charge in [0.25, 0.3) is 5.91 Å². The summed E-state index contributed by atoms with van der Waals surface area (Å²) < 4.78 is 11.0. The highest BCUT2D eigenvalue weighted by Crippen LogP contribution is 2.17. The molecule has 0 unspecified atom stereocenters. The average molecular weight is 314 g/mol. The van der Waals surface area contributed by atoms with E-state index < -0.39 is 0 Å². The Morgan fingerprint density at radius 1 is 1.04 bits per heavy atom. The summed E-state index contributed by atoms with van der Waals surface area (Å²) in [5.41, 5.74) is 1.00. The number of rotatable bonds is 9. The van der Waals surface area contributed by atoms with Crippen LogP contribution in [0.2, 0.25) is 0 Å². The van der Waals surface area contributed by atoms with Crippen LogP contribution in [-0.4, -0.2) is 24.1 Å². The van der Waals surface area contributed by atoms with Gasteiger partial charge in [0.1, 0.15) is 11.5 Å². The molecule has 0 aliphatic carbocycles. The number of ether oxygens (including phenoxy) is 2. The minimum absolute atomic E-state index is 0.0128. The number of hydrogen-bond donors (Lipinski definition) is 1. The van der Waals surface area contributed by atoms with Crippen molar-refractivity contribution in [2.24, 2.45) is 0 Å². The molecule has 5 nitrogen and oxygen atoms in total. The van der Waals surface area contributed by atoms with Crippen molar-refractivity contribution in [2.75, 3.05) is 13.2 Å². The van der Waals surface area contributed by atoms with Gasteiger partial charge in [-0.3, -0.25) is 9.78 Å². The first kappa shape index (κ1) is 16.8. The van der Waals surface area contributed by atoms with Gasteiger partial charge in [-0.05, 0) is 48.4 Å². The molecule has 0 atom stereocenters. The van der Waals surface area contributed by atoms with E-state index in [0.717, 1.165) is 24.2 Å². The third-order valence-corrected chi connectivity index (χ3v) is 3.20. The van der Waals surface area contributed by atoms with Crippen molar-refractivity contribution in [3.05, 3.63) is 54.4 Å². The number of unbranched alkanes of at least 4 members (excludes halogenated alkanes) is 1. The third-order valence-electron chi connectivity index (χ3n) is 3.20. The van der Waals surface area contributed by atoms with Gasteiger partial charge >= 0.3 is 0 Å². The molecule has 122 valence electrons. The van der Waals surface area contributed by atoms with E-state index in [0.29, 0.717) is 18.9 Å². The lowest BCUT2D eigenvalue weighted by Gasteiger charge is -2.09. The van der Waals surface area contributed by atoms with Crippen LogP contribution in [0.5, 0.6) is 11.5 Å². The Hall–Kier alpha value is -2.56. The lowest BCUT2D eigenvalue weighted by Crippen LogP contribution is -2.28. The number of pyridine rings is 1. The Morgan fingerprint density at radius 2 is 1.70 bits per heavy atom. The normalized spacial score (nSPS) is 10.1. The Bertz CT molecular complexity index is 585. The Kier molecular flexibility index (Phi) is 6.91. The minimum atomic E-state index is -0.162. The molecule has 1 heterocycles. The summed E-state index contributed by atoms with van der Waals surface area (Å²) in [7, 11) is 0. The van der Waals surface area contributed by atoms with Crippen molar-refractivity contribution in [3.63, 3.8) is 0 Å². The van der Waals surface area contributed by atoms with E-state index in [1.807, 2.05) is 24.3 Å². The molecule has 0 aliphatic rings. The summed E-state index contributed by atoms with van der Waals surface area (Å²) in [6.45, 7) is 3.30. The molecular formula is C18H22N2O3. The predicted octanol–water partition coefficient (Wildman–Crippen LogP) is 2.96. The van der Waals surface area contributed by atoms with Crippen LogP contribution in [-0.2, 0) is 11.3 Å². The molecule has 1 amide bonds. The lowest BCUT2D eigenvalue weighted by atomic mass is 10.3. The van der Waals surface area contributed by atoms with Gasteiger partial charge in [0.2, 0.25) is 0 Å². The quantitative estimate of drug-likeness (QED) is 0.723. The van der Waals surface area contributed by atoms with Gasteiger partial charge in [0.15, 0.2) is 6.61 Å². The second-order valence-electron chi connectivity index (χ2n) is 5.09. The number of aromatic nitrogens is 1. The van der Waals surface area contributed by atoms with E-state index in [1.54, 1.807) is 24.5 Å². The predicted molar refractivity (Wildman–Crippen MR) is 88.4 cm³/mol. The molecule has 2 rings (SSSR count). The van der Waals surface area contributed by atoms with Gasteiger partial charge in [-0.15, -0.1) is 0 Å². The molecule has 5 heteroatoms. The van der Waals surface area contributed by atoms with Crippen molar-refractivity contribution < 1.29 is 14.3 Å². The number of benzene rings is 1. The monoisotopic (exact) mass is 314 g/mol. The number of hydrogen-bond acceptors (Lipinski definition) is 4.